The number of rotatable bonds is 29. The van der Waals surface area contributed by atoms with Gasteiger partial charge in [-0.2, -0.15) is 0 Å². The molecule has 3 nitrogen and oxygen atoms in total. The summed E-state index contributed by atoms with van der Waals surface area (Å²) in [5, 5.41) is 0. The quantitative estimate of drug-likeness (QED) is 0.0396. The van der Waals surface area contributed by atoms with E-state index in [0.717, 1.165) is 18.4 Å². The second-order valence-corrected chi connectivity index (χ2v) is 12.8. The number of unbranched alkanes of at least 4 members (excludes halogenated alkanes) is 21. The van der Waals surface area contributed by atoms with Crippen molar-refractivity contribution in [1.29, 1.82) is 0 Å². The van der Waals surface area contributed by atoms with Crippen LogP contribution in [-0.4, -0.2) is 24.3 Å². The minimum Gasteiger partial charge on any atom is -0.455 e. The van der Waals surface area contributed by atoms with E-state index in [2.05, 4.69) is 19.1 Å². The third-order valence-corrected chi connectivity index (χ3v) is 8.87. The molecule has 0 unspecified atom stereocenters. The van der Waals surface area contributed by atoms with Gasteiger partial charge in [0.15, 0.2) is 0 Å². The lowest BCUT2D eigenvalue weighted by atomic mass is 10.0. The summed E-state index contributed by atoms with van der Waals surface area (Å²) in [6.07, 6.45) is 44.1. The maximum absolute atomic E-state index is 11.6. The first kappa shape index (κ1) is 35.1. The molecule has 0 aromatic heterocycles. The van der Waals surface area contributed by atoms with Crippen LogP contribution in [0.4, 0.5) is 0 Å². The fraction of sp³-hybridized carbons (Fsp3) is 0.865. The molecule has 1 saturated heterocycles. The Morgan fingerprint density at radius 3 is 1.62 bits per heavy atom. The van der Waals surface area contributed by atoms with E-state index in [4.69, 9.17) is 9.47 Å². The highest BCUT2D eigenvalue weighted by Gasteiger charge is 2.36. The molecule has 2 aliphatic rings. The van der Waals surface area contributed by atoms with Crippen LogP contribution in [0.5, 0.6) is 0 Å². The highest BCUT2D eigenvalue weighted by Crippen LogP contribution is 2.31. The Morgan fingerprint density at radius 2 is 1.07 bits per heavy atom. The number of allylic oxidation sites excluding steroid dienone is 2. The highest BCUT2D eigenvalue weighted by atomic mass is 16.6. The van der Waals surface area contributed by atoms with Crippen LogP contribution in [0.25, 0.3) is 0 Å². The number of hydrogen-bond acceptors (Lipinski definition) is 3. The van der Waals surface area contributed by atoms with Crippen LogP contribution in [0.2, 0.25) is 0 Å². The molecule has 0 radical (unpaired) electrons. The Bertz CT molecular complexity index is 666. The lowest BCUT2D eigenvalue weighted by Gasteiger charge is -2.03. The Morgan fingerprint density at radius 1 is 0.600 bits per heavy atom. The third-order valence-electron chi connectivity index (χ3n) is 8.87. The van der Waals surface area contributed by atoms with Gasteiger partial charge in [-0.15, -0.1) is 0 Å². The first-order chi connectivity index (χ1) is 19.7. The van der Waals surface area contributed by atoms with E-state index in [1.165, 1.54) is 161 Å². The normalized spacial score (nSPS) is 20.4. The monoisotopic (exact) mass is 559 g/mol. The van der Waals surface area contributed by atoms with Crippen LogP contribution >= 0.6 is 0 Å². The molecule has 0 N–H and O–H groups in total. The van der Waals surface area contributed by atoms with E-state index in [0.29, 0.717) is 12.2 Å². The van der Waals surface area contributed by atoms with Gasteiger partial charge in [0.2, 0.25) is 0 Å². The number of cyclic esters (lactones) is 1. The smallest absolute Gasteiger partial charge is 0.334 e. The molecular weight excluding hydrogens is 492 g/mol. The number of ether oxygens (including phenoxy) is 2. The van der Waals surface area contributed by atoms with E-state index >= 15 is 0 Å². The zero-order chi connectivity index (χ0) is 28.5. The van der Waals surface area contributed by atoms with Crippen molar-refractivity contribution in [2.45, 2.75) is 206 Å². The van der Waals surface area contributed by atoms with Gasteiger partial charge in [0.25, 0.3) is 0 Å². The second-order valence-electron chi connectivity index (χ2n) is 12.8. The summed E-state index contributed by atoms with van der Waals surface area (Å²) in [7, 11) is 0. The maximum atomic E-state index is 11.6. The zero-order valence-electron chi connectivity index (χ0n) is 26.8. The third kappa shape index (κ3) is 19.1. The number of carbonyl (C=O) groups is 1. The molecule has 3 heteroatoms. The standard InChI is InChI=1S/C37H66O3/c1-3-4-5-6-7-8-9-10-11-12-13-14-18-21-24-27-30-35-36(40-35)31-28-25-22-19-16-15-17-20-23-26-29-34-32-33(2)39-37(34)38/h21,24,32-33,35-36H,3-20,22-23,25-31H2,1-2H3/b24-21-/t33-,35-,36-/m1/s1. The van der Waals surface area contributed by atoms with Gasteiger partial charge in [-0.1, -0.05) is 147 Å². The molecule has 0 spiro atoms. The Kier molecular flexibility index (Phi) is 21.5. The lowest BCUT2D eigenvalue weighted by molar-refractivity contribution is -0.139. The summed E-state index contributed by atoms with van der Waals surface area (Å²) < 4.78 is 11.1. The molecule has 0 bridgehead atoms. The van der Waals surface area contributed by atoms with Crippen LogP contribution in [0.15, 0.2) is 23.8 Å². The van der Waals surface area contributed by atoms with Crippen molar-refractivity contribution in [2.24, 2.45) is 0 Å². The summed E-state index contributed by atoms with van der Waals surface area (Å²) in [6.45, 7) is 4.23. The number of esters is 1. The molecular formula is C37H66O3. The molecule has 0 saturated carbocycles. The van der Waals surface area contributed by atoms with Gasteiger partial charge < -0.3 is 9.47 Å². The molecule has 0 aliphatic carbocycles. The highest BCUT2D eigenvalue weighted by molar-refractivity contribution is 5.90. The summed E-state index contributed by atoms with van der Waals surface area (Å²) >= 11 is 0. The first-order valence-electron chi connectivity index (χ1n) is 17.9. The van der Waals surface area contributed by atoms with Crippen molar-refractivity contribution in [3.63, 3.8) is 0 Å². The molecule has 0 aromatic rings. The Labute approximate surface area is 249 Å². The average Bonchev–Trinajstić information content (AvgIpc) is 3.61. The van der Waals surface area contributed by atoms with Gasteiger partial charge in [-0.05, 0) is 57.9 Å². The van der Waals surface area contributed by atoms with Crippen molar-refractivity contribution in [2.75, 3.05) is 0 Å². The molecule has 2 rings (SSSR count). The predicted octanol–water partition coefficient (Wildman–Crippen LogP) is 11.7. The Balaban J connectivity index is 1.22. The van der Waals surface area contributed by atoms with Gasteiger partial charge >= 0.3 is 5.97 Å². The fourth-order valence-electron chi connectivity index (χ4n) is 6.18. The van der Waals surface area contributed by atoms with E-state index in [1.807, 2.05) is 13.0 Å². The zero-order valence-corrected chi connectivity index (χ0v) is 26.8. The second kappa shape index (κ2) is 24.5. The summed E-state index contributed by atoms with van der Waals surface area (Å²) in [4.78, 5) is 11.6. The van der Waals surface area contributed by atoms with E-state index in [1.54, 1.807) is 0 Å². The molecule has 40 heavy (non-hydrogen) atoms. The van der Waals surface area contributed by atoms with E-state index < -0.39 is 0 Å². The van der Waals surface area contributed by atoms with Crippen molar-refractivity contribution in [1.82, 2.24) is 0 Å². The predicted molar refractivity (Wildman–Crippen MR) is 172 cm³/mol. The van der Waals surface area contributed by atoms with Gasteiger partial charge in [0.1, 0.15) is 6.10 Å². The molecule has 232 valence electrons. The molecule has 2 aliphatic heterocycles. The molecule has 2 heterocycles. The van der Waals surface area contributed by atoms with Crippen LogP contribution < -0.4 is 0 Å². The molecule has 1 fully saturated rings. The summed E-state index contributed by atoms with van der Waals surface area (Å²) in [5.74, 6) is -0.0937. The first-order valence-corrected chi connectivity index (χ1v) is 17.9. The summed E-state index contributed by atoms with van der Waals surface area (Å²) in [5.41, 5.74) is 0.896. The van der Waals surface area contributed by atoms with Crippen molar-refractivity contribution in [3.8, 4) is 0 Å². The van der Waals surface area contributed by atoms with Gasteiger partial charge in [0.05, 0.1) is 12.2 Å². The molecule has 3 atom stereocenters. The van der Waals surface area contributed by atoms with E-state index in [-0.39, 0.29) is 12.1 Å². The number of carbonyl (C=O) groups excluding carboxylic acids is 1. The van der Waals surface area contributed by atoms with Crippen LogP contribution in [0.1, 0.15) is 187 Å². The fourth-order valence-corrected chi connectivity index (χ4v) is 6.18. The van der Waals surface area contributed by atoms with Gasteiger partial charge in [-0.3, -0.25) is 0 Å². The topological polar surface area (TPSA) is 38.8 Å². The van der Waals surface area contributed by atoms with Crippen LogP contribution in [0.3, 0.4) is 0 Å². The summed E-state index contributed by atoms with van der Waals surface area (Å²) in [6, 6.07) is 0. The minimum absolute atomic E-state index is 0.0216. The molecule has 0 aromatic carbocycles. The lowest BCUT2D eigenvalue weighted by Crippen LogP contribution is -2.03. The molecule has 0 amide bonds. The number of hydrogen-bond donors (Lipinski definition) is 0. The number of epoxide rings is 1. The van der Waals surface area contributed by atoms with Gasteiger partial charge in [-0.25, -0.2) is 4.79 Å². The van der Waals surface area contributed by atoms with Crippen molar-refractivity contribution < 1.29 is 14.3 Å². The van der Waals surface area contributed by atoms with Crippen molar-refractivity contribution in [3.05, 3.63) is 23.8 Å². The minimum atomic E-state index is -0.0937. The average molecular weight is 559 g/mol. The van der Waals surface area contributed by atoms with Crippen LogP contribution in [0, 0.1) is 0 Å². The SMILES string of the molecule is CCCCCCCCCCCCCC/C=C\CC[C@H]1O[C@@H]1CCCCCCCCCCCCC1=C[C@@H](C)OC1=O. The van der Waals surface area contributed by atoms with Crippen molar-refractivity contribution >= 4 is 5.97 Å². The van der Waals surface area contributed by atoms with Gasteiger partial charge in [0, 0.05) is 5.57 Å². The Hall–Kier alpha value is -1.09. The maximum Gasteiger partial charge on any atom is 0.334 e. The van der Waals surface area contributed by atoms with E-state index in [9.17, 15) is 4.79 Å². The largest absolute Gasteiger partial charge is 0.455 e. The van der Waals surface area contributed by atoms with Crippen LogP contribution in [-0.2, 0) is 14.3 Å².